The summed E-state index contributed by atoms with van der Waals surface area (Å²) >= 11 is 0. The lowest BCUT2D eigenvalue weighted by molar-refractivity contribution is 1.04. The van der Waals surface area contributed by atoms with Crippen LogP contribution in [0.3, 0.4) is 0 Å². The van der Waals surface area contributed by atoms with E-state index in [0.29, 0.717) is 23.3 Å². The van der Waals surface area contributed by atoms with Gasteiger partial charge in [0.05, 0.1) is 16.7 Å². The molecule has 0 aliphatic rings. The first-order valence-electron chi connectivity index (χ1n) is 22.8. The monoisotopic (exact) mass is 886 g/mol. The SMILES string of the molecule is c1ccc(-c2cc(-n3c4ccccc4c4ccccc43)nc(-c3ccccc3-c3nc(-c4ccccc4)nc(-c4cccc([Si](c5ccccc5)(c5ccccc5)c5ccccc5)c4)n3)n2)cc1. The Balaban J connectivity index is 1.07. The highest BCUT2D eigenvalue weighted by molar-refractivity contribution is 7.19. The van der Waals surface area contributed by atoms with Crippen LogP contribution in [0.2, 0.25) is 0 Å². The van der Waals surface area contributed by atoms with E-state index in [1.165, 1.54) is 20.7 Å². The first-order valence-corrected chi connectivity index (χ1v) is 24.8. The largest absolute Gasteiger partial charge is 0.294 e. The highest BCUT2D eigenvalue weighted by Gasteiger charge is 2.41. The topological polar surface area (TPSA) is 69.4 Å². The Hall–Kier alpha value is -8.91. The molecule has 12 aromatic rings. The van der Waals surface area contributed by atoms with Gasteiger partial charge in [0.1, 0.15) is 5.82 Å². The van der Waals surface area contributed by atoms with Gasteiger partial charge < -0.3 is 0 Å². The molecule has 0 aliphatic carbocycles. The van der Waals surface area contributed by atoms with E-state index in [1.54, 1.807) is 0 Å². The van der Waals surface area contributed by atoms with Crippen LogP contribution in [0, 0.1) is 0 Å². The number of aromatic nitrogens is 6. The van der Waals surface area contributed by atoms with Crippen molar-refractivity contribution in [1.29, 1.82) is 0 Å². The minimum atomic E-state index is -2.86. The molecule has 0 aliphatic heterocycles. The lowest BCUT2D eigenvalue weighted by atomic mass is 10.0. The molecule has 0 bridgehead atoms. The average Bonchev–Trinajstić information content (AvgIpc) is 3.77. The number of benzene rings is 9. The van der Waals surface area contributed by atoms with E-state index in [0.717, 1.165) is 61.1 Å². The fourth-order valence-corrected chi connectivity index (χ4v) is 14.6. The van der Waals surface area contributed by atoms with Crippen LogP contribution in [0.1, 0.15) is 0 Å². The van der Waals surface area contributed by atoms with Crippen LogP contribution in [0.25, 0.3) is 84.4 Å². The van der Waals surface area contributed by atoms with Gasteiger partial charge in [0.15, 0.2) is 31.4 Å². The van der Waals surface area contributed by atoms with Crippen LogP contribution < -0.4 is 20.7 Å². The molecule has 0 saturated carbocycles. The summed E-state index contributed by atoms with van der Waals surface area (Å²) in [5.41, 5.74) is 7.34. The fourth-order valence-electron chi connectivity index (χ4n) is 9.77. The molecule has 320 valence electrons. The van der Waals surface area contributed by atoms with Gasteiger partial charge in [-0.15, -0.1) is 0 Å². The Morgan fingerprint density at radius 3 is 1.22 bits per heavy atom. The van der Waals surface area contributed by atoms with E-state index in [1.807, 2.05) is 60.7 Å². The Morgan fingerprint density at radius 2 is 0.676 bits per heavy atom. The Bertz CT molecular complexity index is 3580. The summed E-state index contributed by atoms with van der Waals surface area (Å²) < 4.78 is 2.25. The maximum absolute atomic E-state index is 5.43. The quantitative estimate of drug-likeness (QED) is 0.101. The number of fused-ring (bicyclic) bond motifs is 3. The summed E-state index contributed by atoms with van der Waals surface area (Å²) in [6.07, 6.45) is 0. The van der Waals surface area contributed by atoms with E-state index in [9.17, 15) is 0 Å². The summed E-state index contributed by atoms with van der Waals surface area (Å²) in [5, 5.41) is 7.44. The molecule has 0 spiro atoms. The molecule has 0 N–H and O–H groups in total. The van der Waals surface area contributed by atoms with Crippen molar-refractivity contribution in [2.45, 2.75) is 0 Å². The van der Waals surface area contributed by atoms with Gasteiger partial charge in [-0.2, -0.15) is 0 Å². The van der Waals surface area contributed by atoms with Crippen molar-refractivity contribution in [3.8, 4) is 62.6 Å². The van der Waals surface area contributed by atoms with Gasteiger partial charge in [-0.05, 0) is 32.9 Å². The standard InChI is InChI=1S/C61H42N6Si/c1-6-23-43(24-7-1)54-42-57(67-55-39-20-18-35-50(55)51-36-19-21-40-56(51)67)63-60(62-54)52-37-16-17-38-53(52)61-65-58(44-25-8-2-9-26-44)64-59(66-61)45-27-22-34-49(41-45)68(46-28-10-3-11-29-46,47-30-12-4-13-31-47)48-32-14-5-15-33-48/h1-42H. The second kappa shape index (κ2) is 17.5. The van der Waals surface area contributed by atoms with Crippen LogP contribution in [-0.2, 0) is 0 Å². The van der Waals surface area contributed by atoms with Crippen molar-refractivity contribution < 1.29 is 0 Å². The van der Waals surface area contributed by atoms with E-state index in [4.69, 9.17) is 24.9 Å². The van der Waals surface area contributed by atoms with Crippen LogP contribution in [-0.4, -0.2) is 37.6 Å². The molecule has 9 aromatic carbocycles. The molecule has 3 aromatic heterocycles. The van der Waals surface area contributed by atoms with Crippen molar-refractivity contribution in [2.24, 2.45) is 0 Å². The molecule has 3 heterocycles. The van der Waals surface area contributed by atoms with Crippen LogP contribution in [0.4, 0.5) is 0 Å². The third-order valence-corrected chi connectivity index (χ3v) is 17.6. The number of hydrogen-bond acceptors (Lipinski definition) is 5. The number of hydrogen-bond donors (Lipinski definition) is 0. The van der Waals surface area contributed by atoms with Crippen LogP contribution in [0.15, 0.2) is 255 Å². The second-order valence-electron chi connectivity index (χ2n) is 16.8. The first-order chi connectivity index (χ1) is 33.7. The Labute approximate surface area is 395 Å². The Kier molecular flexibility index (Phi) is 10.4. The maximum atomic E-state index is 5.43. The normalized spacial score (nSPS) is 11.5. The predicted octanol–water partition coefficient (Wildman–Crippen LogP) is 11.5. The predicted molar refractivity (Wildman–Crippen MR) is 281 cm³/mol. The molecular weight excluding hydrogens is 845 g/mol. The van der Waals surface area contributed by atoms with Gasteiger partial charge in [0.25, 0.3) is 0 Å². The molecule has 6 nitrogen and oxygen atoms in total. The maximum Gasteiger partial charge on any atom is 0.179 e. The van der Waals surface area contributed by atoms with E-state index in [2.05, 4.69) is 199 Å². The lowest BCUT2D eigenvalue weighted by Crippen LogP contribution is -2.74. The third-order valence-electron chi connectivity index (χ3n) is 12.8. The van der Waals surface area contributed by atoms with Gasteiger partial charge >= 0.3 is 0 Å². The van der Waals surface area contributed by atoms with Gasteiger partial charge in [0, 0.05) is 44.7 Å². The van der Waals surface area contributed by atoms with Crippen LogP contribution >= 0.6 is 0 Å². The Morgan fingerprint density at radius 1 is 0.279 bits per heavy atom. The molecule has 0 atom stereocenters. The molecule has 0 unspecified atom stereocenters. The summed E-state index contributed by atoms with van der Waals surface area (Å²) in [4.78, 5) is 26.7. The number of nitrogens with zero attached hydrogens (tertiary/aromatic N) is 6. The number of para-hydroxylation sites is 2. The molecule has 68 heavy (non-hydrogen) atoms. The van der Waals surface area contributed by atoms with Gasteiger partial charge in [-0.25, -0.2) is 24.9 Å². The van der Waals surface area contributed by atoms with Crippen molar-refractivity contribution in [3.63, 3.8) is 0 Å². The van der Waals surface area contributed by atoms with E-state index >= 15 is 0 Å². The third kappa shape index (κ3) is 7.19. The highest BCUT2D eigenvalue weighted by atomic mass is 28.3. The zero-order chi connectivity index (χ0) is 45.3. The zero-order valence-corrected chi connectivity index (χ0v) is 37.9. The van der Waals surface area contributed by atoms with Crippen molar-refractivity contribution in [1.82, 2.24) is 29.5 Å². The fraction of sp³-hybridized carbons (Fsp3) is 0. The van der Waals surface area contributed by atoms with Crippen molar-refractivity contribution in [2.75, 3.05) is 0 Å². The molecule has 7 heteroatoms. The summed E-state index contributed by atoms with van der Waals surface area (Å²) in [6.45, 7) is 0. The molecule has 0 fully saturated rings. The number of rotatable bonds is 10. The summed E-state index contributed by atoms with van der Waals surface area (Å²) in [6, 6.07) is 89.5. The molecular formula is C61H42N6Si. The molecule has 0 radical (unpaired) electrons. The lowest BCUT2D eigenvalue weighted by Gasteiger charge is -2.34. The van der Waals surface area contributed by atoms with E-state index < -0.39 is 8.07 Å². The molecule has 0 saturated heterocycles. The molecule has 12 rings (SSSR count). The summed E-state index contributed by atoms with van der Waals surface area (Å²) in [7, 11) is -2.86. The minimum absolute atomic E-state index is 0.527. The second-order valence-corrected chi connectivity index (χ2v) is 20.6. The van der Waals surface area contributed by atoms with Gasteiger partial charge in [0.2, 0.25) is 0 Å². The smallest absolute Gasteiger partial charge is 0.179 e. The van der Waals surface area contributed by atoms with E-state index in [-0.39, 0.29) is 0 Å². The minimum Gasteiger partial charge on any atom is -0.294 e. The van der Waals surface area contributed by atoms with Gasteiger partial charge in [-0.1, -0.05) is 237 Å². The van der Waals surface area contributed by atoms with Gasteiger partial charge in [-0.3, -0.25) is 4.57 Å². The summed E-state index contributed by atoms with van der Waals surface area (Å²) in [5.74, 6) is 3.01. The molecule has 0 amide bonds. The average molecular weight is 887 g/mol. The van der Waals surface area contributed by atoms with Crippen molar-refractivity contribution >= 4 is 50.6 Å². The first kappa shape index (κ1) is 40.6. The highest BCUT2D eigenvalue weighted by Crippen LogP contribution is 2.36. The zero-order valence-electron chi connectivity index (χ0n) is 36.9. The van der Waals surface area contributed by atoms with Crippen LogP contribution in [0.5, 0.6) is 0 Å². The van der Waals surface area contributed by atoms with Crippen molar-refractivity contribution in [3.05, 3.63) is 255 Å².